The molecule has 6 rings (SSSR count). The maximum absolute atomic E-state index is 3.79. The molecule has 0 radical (unpaired) electrons. The largest absolute Gasteiger partial charge is 0.147 e. The van der Waals surface area contributed by atoms with Crippen LogP contribution in [0.2, 0.25) is 7.25 Å². The summed E-state index contributed by atoms with van der Waals surface area (Å²) in [5.74, 6) is 0. The van der Waals surface area contributed by atoms with Gasteiger partial charge in [0.15, 0.2) is 0 Å². The maximum Gasteiger partial charge on any atom is -0.147 e. The minimum atomic E-state index is -3.79. The minimum absolute atomic E-state index is 0. The van der Waals surface area contributed by atoms with Crippen LogP contribution in [0.25, 0.3) is 11.1 Å². The molecule has 0 unspecified atom stereocenters. The minimum Gasteiger partial charge on any atom is -0.147 e. The quantitative estimate of drug-likeness (QED) is 0.242. The molecule has 4 heteroatoms. The van der Waals surface area contributed by atoms with E-state index in [-0.39, 0.29) is 35.6 Å². The van der Waals surface area contributed by atoms with Crippen LogP contribution in [0.5, 0.6) is 0 Å². The predicted molar refractivity (Wildman–Crippen MR) is 181 cm³/mol. The maximum atomic E-state index is 2.69. The van der Waals surface area contributed by atoms with E-state index >= 15 is 0 Å². The summed E-state index contributed by atoms with van der Waals surface area (Å²) in [5.41, 5.74) is 10.0. The van der Waals surface area contributed by atoms with E-state index in [0.717, 1.165) is 13.7 Å². The summed E-state index contributed by atoms with van der Waals surface area (Å²) in [7, 11) is 0. The van der Waals surface area contributed by atoms with Crippen molar-refractivity contribution in [2.75, 3.05) is 0 Å². The number of benzene rings is 2. The fourth-order valence-corrected chi connectivity index (χ4v) is 41.5. The topological polar surface area (TPSA) is 0 Å². The first-order chi connectivity index (χ1) is 17.9. The van der Waals surface area contributed by atoms with Crippen molar-refractivity contribution >= 4 is 35.0 Å². The molecular weight excluding hydrogens is 623 g/mol. The first kappa shape index (κ1) is 32.5. The zero-order valence-electron chi connectivity index (χ0n) is 25.9. The summed E-state index contributed by atoms with van der Waals surface area (Å²) in [6.45, 7) is 17.3. The monoisotopic (exact) mass is 672 g/mol. The van der Waals surface area contributed by atoms with Crippen molar-refractivity contribution in [3.63, 3.8) is 0 Å². The average Bonchev–Trinajstić information content (AvgIpc) is 3.69. The van der Waals surface area contributed by atoms with Crippen molar-refractivity contribution in [3.8, 4) is 11.1 Å². The van der Waals surface area contributed by atoms with Crippen molar-refractivity contribution in [2.45, 2.75) is 124 Å². The number of allylic oxidation sites excluding steroid dienone is 4. The van der Waals surface area contributed by atoms with Crippen LogP contribution in [0.3, 0.4) is 0 Å². The molecule has 2 saturated carbocycles. The zero-order valence-corrected chi connectivity index (χ0v) is 31.4. The molecule has 0 spiro atoms. The van der Waals surface area contributed by atoms with Gasteiger partial charge in [-0.2, -0.15) is 0 Å². The molecule has 40 heavy (non-hydrogen) atoms. The molecule has 4 aliphatic carbocycles. The molecule has 2 aromatic carbocycles. The first-order valence-corrected chi connectivity index (χ1v) is 26.9. The predicted octanol–water partition coefficient (Wildman–Crippen LogP) is 10.1. The van der Waals surface area contributed by atoms with E-state index in [1.807, 2.05) is 6.55 Å². The molecule has 4 aliphatic rings. The van der Waals surface area contributed by atoms with E-state index in [4.69, 9.17) is 0 Å². The van der Waals surface area contributed by atoms with Gasteiger partial charge in [-0.25, -0.2) is 0 Å². The number of rotatable bonds is 4. The van der Waals surface area contributed by atoms with Crippen LogP contribution >= 0.6 is 24.8 Å². The fraction of sp³-hybridized carbons (Fsp3) is 0.556. The molecule has 0 saturated heterocycles. The number of halogens is 2. The first-order valence-electron chi connectivity index (χ1n) is 15.6. The van der Waals surface area contributed by atoms with E-state index in [1.165, 1.54) is 68.9 Å². The smallest absolute Gasteiger partial charge is 0.147 e. The second-order valence-electron chi connectivity index (χ2n) is 15.5. The standard InChI is InChI=1S/C21H25.2C5H9.C5H5.2ClH.H2Si.Zr/c1-20(2,3)16-7-9-18-14(12-16)11-15-13-17(21(4,5)6)8-10-19(15)18;3*1-2-4-5-3-1;;;;/h7-10,12H,11H2,1-6H3;2*1H,2-5H2;1-3H,4H2;2*1H;1H2;. The average molecular weight is 675 g/mol. The van der Waals surface area contributed by atoms with Gasteiger partial charge in [0.2, 0.25) is 0 Å². The van der Waals surface area contributed by atoms with Gasteiger partial charge in [-0.1, -0.05) is 0 Å². The van der Waals surface area contributed by atoms with Crippen molar-refractivity contribution in [1.29, 1.82) is 0 Å². The van der Waals surface area contributed by atoms with Crippen LogP contribution in [0.4, 0.5) is 0 Å². The van der Waals surface area contributed by atoms with E-state index in [1.54, 1.807) is 22.3 Å². The van der Waals surface area contributed by atoms with Gasteiger partial charge in [0.25, 0.3) is 0 Å². The Balaban J connectivity index is 0.00000185. The van der Waals surface area contributed by atoms with Crippen LogP contribution in [-0.2, 0) is 34.6 Å². The molecule has 0 atom stereocenters. The van der Waals surface area contributed by atoms with Crippen molar-refractivity contribution < 1.29 is 17.4 Å². The Morgan fingerprint density at radius 1 is 0.750 bits per heavy atom. The molecular formula is C36H52Cl2SiZr. The third kappa shape index (κ3) is 4.78. The normalized spacial score (nSPS) is 19.7. The SMILES string of the molecule is CC(C)(C)c1ccc2c(c1)Cc1c-2ccc(C(C)(C)C)[c]1[Zr](=[SiH2])([C]1=CC=CC1)([CH]1CCCC1)[CH]1CCCC1.Cl.Cl. The number of hydrogen-bond donors (Lipinski definition) is 0. The molecule has 0 N–H and O–H groups in total. The third-order valence-electron chi connectivity index (χ3n) is 11.4. The Morgan fingerprint density at radius 3 is 1.82 bits per heavy atom. The number of hydrogen-bond acceptors (Lipinski definition) is 0. The summed E-state index contributed by atoms with van der Waals surface area (Å²) in [4.78, 5) is 0. The van der Waals surface area contributed by atoms with Crippen LogP contribution in [0.1, 0.15) is 122 Å². The van der Waals surface area contributed by atoms with E-state index in [0.29, 0.717) is 0 Å². The van der Waals surface area contributed by atoms with Crippen molar-refractivity contribution in [1.82, 2.24) is 0 Å². The summed E-state index contributed by atoms with van der Waals surface area (Å²) < 4.78 is 5.83. The molecule has 218 valence electrons. The van der Waals surface area contributed by atoms with Crippen molar-refractivity contribution in [2.24, 2.45) is 0 Å². The summed E-state index contributed by atoms with van der Waals surface area (Å²) in [6, 6.07) is 12.6. The van der Waals surface area contributed by atoms with Gasteiger partial charge in [-0.15, -0.1) is 24.8 Å². The summed E-state index contributed by atoms with van der Waals surface area (Å²) in [6.07, 6.45) is 21.7. The van der Waals surface area contributed by atoms with E-state index < -0.39 is 17.4 Å². The third-order valence-corrected chi connectivity index (χ3v) is 44.0. The second kappa shape index (κ2) is 11.3. The van der Waals surface area contributed by atoms with Gasteiger partial charge in [-0.05, 0) is 0 Å². The van der Waals surface area contributed by atoms with Crippen molar-refractivity contribution in [3.05, 3.63) is 74.1 Å². The molecule has 2 fully saturated rings. The molecule has 2 aromatic rings. The second-order valence-corrected chi connectivity index (χ2v) is 39.3. The molecule has 0 heterocycles. The Bertz CT molecular complexity index is 1380. The van der Waals surface area contributed by atoms with Gasteiger partial charge in [0.1, 0.15) is 0 Å². The Kier molecular flexibility index (Phi) is 9.16. The van der Waals surface area contributed by atoms with Crippen LogP contribution in [0.15, 0.2) is 51.8 Å². The molecule has 0 amide bonds. The van der Waals surface area contributed by atoms with Gasteiger partial charge in [-0.3, -0.25) is 0 Å². The van der Waals surface area contributed by atoms with Gasteiger partial charge in [0, 0.05) is 0 Å². The van der Waals surface area contributed by atoms with Gasteiger partial charge >= 0.3 is 237 Å². The van der Waals surface area contributed by atoms with Crippen LogP contribution in [0, 0.1) is 0 Å². The molecule has 0 aromatic heterocycles. The summed E-state index contributed by atoms with van der Waals surface area (Å²) in [5, 5.41) is 0. The fourth-order valence-electron chi connectivity index (χ4n) is 9.53. The van der Waals surface area contributed by atoms with Gasteiger partial charge in [0.05, 0.1) is 0 Å². The molecule has 0 nitrogen and oxygen atoms in total. The van der Waals surface area contributed by atoms with E-state index in [2.05, 4.69) is 97.0 Å². The van der Waals surface area contributed by atoms with Gasteiger partial charge < -0.3 is 0 Å². The van der Waals surface area contributed by atoms with Crippen LogP contribution < -0.4 is 3.27 Å². The Labute approximate surface area is 259 Å². The molecule has 0 aliphatic heterocycles. The van der Waals surface area contributed by atoms with Crippen LogP contribution in [-0.4, -0.2) is 6.88 Å². The zero-order chi connectivity index (χ0) is 26.9. The summed E-state index contributed by atoms with van der Waals surface area (Å²) >= 11 is -3.79. The Hall–Kier alpha value is -0.400. The molecule has 0 bridgehead atoms. The number of fused-ring (bicyclic) bond motifs is 3. The Morgan fingerprint density at radius 2 is 1.32 bits per heavy atom. The van der Waals surface area contributed by atoms with E-state index in [9.17, 15) is 0 Å².